The molecule has 1 saturated carbocycles. The molecular weight excluding hydrogens is 285 g/mol. The van der Waals surface area contributed by atoms with Crippen molar-refractivity contribution in [3.63, 3.8) is 0 Å². The van der Waals surface area contributed by atoms with Crippen molar-refractivity contribution < 1.29 is 10.2 Å². The fourth-order valence-electron chi connectivity index (χ4n) is 2.79. The van der Waals surface area contributed by atoms with Crippen LogP contribution in [0.2, 0.25) is 10.0 Å². The first kappa shape index (κ1) is 14.9. The lowest BCUT2D eigenvalue weighted by Crippen LogP contribution is -2.34. The second-order valence-electron chi connectivity index (χ2n) is 5.24. The molecule has 0 aliphatic heterocycles. The van der Waals surface area contributed by atoms with Gasteiger partial charge in [0.15, 0.2) is 0 Å². The fraction of sp³-hybridized carbons (Fsp3) is 0.571. The van der Waals surface area contributed by atoms with Gasteiger partial charge in [-0.2, -0.15) is 0 Å². The molecule has 106 valence electrons. The summed E-state index contributed by atoms with van der Waals surface area (Å²) in [4.78, 5) is 0. The number of phenols is 1. The second kappa shape index (κ2) is 6.31. The molecule has 2 rings (SSSR count). The molecule has 0 saturated heterocycles. The summed E-state index contributed by atoms with van der Waals surface area (Å²) in [5, 5.41) is 20.9. The molecule has 1 fully saturated rings. The van der Waals surface area contributed by atoms with E-state index in [0.717, 1.165) is 25.7 Å². The van der Waals surface area contributed by atoms with Gasteiger partial charge in [-0.3, -0.25) is 0 Å². The van der Waals surface area contributed by atoms with Crippen LogP contribution in [-0.2, 0) is 0 Å². The van der Waals surface area contributed by atoms with Crippen LogP contribution in [0.25, 0.3) is 0 Å². The van der Waals surface area contributed by atoms with E-state index in [1.165, 1.54) is 12.5 Å². The van der Waals surface area contributed by atoms with Crippen molar-refractivity contribution in [2.45, 2.75) is 44.2 Å². The molecule has 1 aliphatic rings. The van der Waals surface area contributed by atoms with E-state index in [1.807, 2.05) is 0 Å². The highest BCUT2D eigenvalue weighted by atomic mass is 35.5. The Hall–Kier alpha value is -0.480. The zero-order chi connectivity index (χ0) is 14.0. The van der Waals surface area contributed by atoms with E-state index in [2.05, 4.69) is 0 Å². The zero-order valence-electron chi connectivity index (χ0n) is 10.6. The van der Waals surface area contributed by atoms with Gasteiger partial charge < -0.3 is 15.9 Å². The van der Waals surface area contributed by atoms with Crippen LogP contribution in [0.3, 0.4) is 0 Å². The molecular formula is C14H19Cl2NO2. The van der Waals surface area contributed by atoms with Crippen molar-refractivity contribution in [3.8, 4) is 5.75 Å². The average molecular weight is 304 g/mol. The summed E-state index contributed by atoms with van der Waals surface area (Å²) >= 11 is 11.8. The maximum absolute atomic E-state index is 10.4. The van der Waals surface area contributed by atoms with Crippen molar-refractivity contribution in [1.29, 1.82) is 0 Å². The van der Waals surface area contributed by atoms with Crippen LogP contribution >= 0.6 is 23.2 Å². The number of phenolic OH excluding ortho intramolecular Hbond substituents is 1. The highest BCUT2D eigenvalue weighted by Gasteiger charge is 2.29. The Kier molecular flexibility index (Phi) is 4.96. The second-order valence-corrected chi connectivity index (χ2v) is 6.08. The van der Waals surface area contributed by atoms with E-state index in [-0.39, 0.29) is 16.7 Å². The van der Waals surface area contributed by atoms with Crippen molar-refractivity contribution >= 4 is 23.2 Å². The fourth-order valence-corrected chi connectivity index (χ4v) is 3.30. The smallest absolute Gasteiger partial charge is 0.139 e. The number of rotatable bonds is 3. The van der Waals surface area contributed by atoms with Gasteiger partial charge in [-0.1, -0.05) is 42.5 Å². The maximum atomic E-state index is 10.4. The summed E-state index contributed by atoms with van der Waals surface area (Å²) in [6.07, 6.45) is 4.73. The minimum Gasteiger partial charge on any atom is -0.506 e. The van der Waals surface area contributed by atoms with Crippen molar-refractivity contribution in [2.75, 3.05) is 0 Å². The summed E-state index contributed by atoms with van der Waals surface area (Å²) in [5.41, 5.74) is 6.49. The predicted octanol–water partition coefficient (Wildman–Crippen LogP) is 3.64. The predicted molar refractivity (Wildman–Crippen MR) is 77.6 cm³/mol. The summed E-state index contributed by atoms with van der Waals surface area (Å²) < 4.78 is 0. The third-order valence-corrected chi connectivity index (χ3v) is 4.42. The van der Waals surface area contributed by atoms with Crippen LogP contribution in [-0.4, -0.2) is 16.3 Å². The monoisotopic (exact) mass is 303 g/mol. The Morgan fingerprint density at radius 1 is 1.16 bits per heavy atom. The van der Waals surface area contributed by atoms with Gasteiger partial charge in [0.2, 0.25) is 0 Å². The van der Waals surface area contributed by atoms with Crippen LogP contribution in [0.1, 0.15) is 43.7 Å². The molecule has 3 nitrogen and oxygen atoms in total. The van der Waals surface area contributed by atoms with Gasteiger partial charge in [0.25, 0.3) is 0 Å². The standard InChI is InChI=1S/C14H19Cl2NO2/c15-9-6-10(14(19)11(16)7-9)12(17)13(18)8-4-2-1-3-5-8/h6-8,12-13,18-19H,1-5,17H2/t12-,13+/m0/s1. The third-order valence-electron chi connectivity index (χ3n) is 3.92. The highest BCUT2D eigenvalue weighted by molar-refractivity contribution is 6.35. The van der Waals surface area contributed by atoms with E-state index in [1.54, 1.807) is 6.07 Å². The van der Waals surface area contributed by atoms with Crippen LogP contribution < -0.4 is 5.73 Å². The normalized spacial score (nSPS) is 20.2. The Labute approximate surface area is 123 Å². The first-order valence-corrected chi connectivity index (χ1v) is 7.38. The number of benzene rings is 1. The Morgan fingerprint density at radius 2 is 1.79 bits per heavy atom. The molecule has 0 unspecified atom stereocenters. The topological polar surface area (TPSA) is 66.5 Å². The number of nitrogens with two attached hydrogens (primary N) is 1. The minimum atomic E-state index is -0.680. The van der Waals surface area contributed by atoms with Crippen molar-refractivity contribution in [3.05, 3.63) is 27.7 Å². The summed E-state index contributed by atoms with van der Waals surface area (Å²) in [7, 11) is 0. The van der Waals surface area contributed by atoms with E-state index in [9.17, 15) is 10.2 Å². The van der Waals surface area contributed by atoms with E-state index in [4.69, 9.17) is 28.9 Å². The molecule has 0 aromatic heterocycles. The number of aliphatic hydroxyl groups is 1. The van der Waals surface area contributed by atoms with Crippen LogP contribution in [0.4, 0.5) is 0 Å². The molecule has 0 bridgehead atoms. The lowest BCUT2D eigenvalue weighted by molar-refractivity contribution is 0.0611. The van der Waals surface area contributed by atoms with Gasteiger partial charge >= 0.3 is 0 Å². The molecule has 0 radical (unpaired) electrons. The van der Waals surface area contributed by atoms with Gasteiger partial charge in [-0.05, 0) is 30.9 Å². The molecule has 1 aromatic carbocycles. The van der Waals surface area contributed by atoms with E-state index < -0.39 is 12.1 Å². The number of hydrogen-bond acceptors (Lipinski definition) is 3. The largest absolute Gasteiger partial charge is 0.506 e. The lowest BCUT2D eigenvalue weighted by Gasteiger charge is -2.31. The summed E-state index contributed by atoms with van der Waals surface area (Å²) in [6, 6.07) is 2.36. The number of aromatic hydroxyl groups is 1. The summed E-state index contributed by atoms with van der Waals surface area (Å²) in [5.74, 6) is 0.0920. The first-order valence-electron chi connectivity index (χ1n) is 6.62. The quantitative estimate of drug-likeness (QED) is 0.798. The Morgan fingerprint density at radius 3 is 2.42 bits per heavy atom. The zero-order valence-corrected chi connectivity index (χ0v) is 12.2. The number of hydrogen-bond donors (Lipinski definition) is 3. The highest BCUT2D eigenvalue weighted by Crippen LogP contribution is 2.38. The first-order chi connectivity index (χ1) is 9.00. The molecule has 19 heavy (non-hydrogen) atoms. The minimum absolute atomic E-state index is 0.0894. The van der Waals surface area contributed by atoms with Gasteiger partial charge in [0, 0.05) is 10.6 Å². The Bertz CT molecular complexity index is 447. The van der Waals surface area contributed by atoms with Crippen LogP contribution in [0.15, 0.2) is 12.1 Å². The van der Waals surface area contributed by atoms with Crippen LogP contribution in [0.5, 0.6) is 5.75 Å². The molecule has 1 aliphatic carbocycles. The number of halogens is 2. The van der Waals surface area contributed by atoms with Gasteiger partial charge in [-0.25, -0.2) is 0 Å². The molecule has 5 heteroatoms. The SMILES string of the molecule is N[C@@H](c1cc(Cl)cc(Cl)c1O)[C@H](O)C1CCCCC1. The summed E-state index contributed by atoms with van der Waals surface area (Å²) in [6.45, 7) is 0. The molecule has 0 spiro atoms. The lowest BCUT2D eigenvalue weighted by atomic mass is 9.81. The van der Waals surface area contributed by atoms with Crippen molar-refractivity contribution in [1.82, 2.24) is 0 Å². The molecule has 2 atom stereocenters. The molecule has 0 heterocycles. The number of aliphatic hydroxyl groups excluding tert-OH is 1. The third kappa shape index (κ3) is 3.34. The maximum Gasteiger partial charge on any atom is 0.139 e. The van der Waals surface area contributed by atoms with E-state index in [0.29, 0.717) is 10.6 Å². The molecule has 0 amide bonds. The van der Waals surface area contributed by atoms with Gasteiger partial charge in [0.05, 0.1) is 17.2 Å². The van der Waals surface area contributed by atoms with Gasteiger partial charge in [-0.15, -0.1) is 0 Å². The Balaban J connectivity index is 2.20. The molecule has 4 N–H and O–H groups in total. The van der Waals surface area contributed by atoms with Crippen molar-refractivity contribution in [2.24, 2.45) is 11.7 Å². The van der Waals surface area contributed by atoms with Gasteiger partial charge in [0.1, 0.15) is 5.75 Å². The van der Waals surface area contributed by atoms with Crippen LogP contribution in [0, 0.1) is 5.92 Å². The van der Waals surface area contributed by atoms with E-state index >= 15 is 0 Å². The molecule has 1 aromatic rings. The average Bonchev–Trinajstić information content (AvgIpc) is 2.42.